The van der Waals surface area contributed by atoms with Gasteiger partial charge in [-0.3, -0.25) is 5.10 Å². The lowest BCUT2D eigenvalue weighted by Gasteiger charge is -2.61. The van der Waals surface area contributed by atoms with Crippen molar-refractivity contribution in [2.75, 3.05) is 5.32 Å². The molecule has 30 heavy (non-hydrogen) atoms. The number of nitrogens with zero attached hydrogens (tertiary/aromatic N) is 4. The number of amides is 1. The molecule has 9 nitrogen and oxygen atoms in total. The summed E-state index contributed by atoms with van der Waals surface area (Å²) >= 11 is 3.51. The first-order valence-electron chi connectivity index (χ1n) is 10.4. The molecule has 2 atom stereocenters. The number of halogens is 1. The number of hydrogen-bond donors (Lipinski definition) is 3. The Kier molecular flexibility index (Phi) is 4.06. The monoisotopic (exact) mass is 471 g/mol. The number of hydrogen-bond acceptors (Lipinski definition) is 6. The molecule has 2 bridgehead atoms. The molecule has 0 radical (unpaired) electrons. The van der Waals surface area contributed by atoms with Crippen molar-refractivity contribution in [1.29, 1.82) is 0 Å². The predicted octanol–water partition coefficient (Wildman–Crippen LogP) is 3.87. The van der Waals surface area contributed by atoms with Crippen LogP contribution in [0.1, 0.15) is 50.1 Å². The molecule has 4 saturated carbocycles. The van der Waals surface area contributed by atoms with Crippen molar-refractivity contribution >= 4 is 39.2 Å². The Morgan fingerprint density at radius 2 is 2.20 bits per heavy atom. The fourth-order valence-corrected chi connectivity index (χ4v) is 5.55. The number of ether oxygens (including phenoxy) is 1. The molecule has 0 aliphatic heterocycles. The third-order valence-corrected chi connectivity index (χ3v) is 7.31. The van der Waals surface area contributed by atoms with E-state index in [1.807, 2.05) is 6.07 Å². The Morgan fingerprint density at radius 1 is 1.33 bits per heavy atom. The number of anilines is 2. The zero-order valence-electron chi connectivity index (χ0n) is 16.3. The summed E-state index contributed by atoms with van der Waals surface area (Å²) in [6.07, 6.45) is 11.0. The summed E-state index contributed by atoms with van der Waals surface area (Å²) in [5, 5.41) is 18.1. The van der Waals surface area contributed by atoms with Crippen molar-refractivity contribution in [2.45, 2.75) is 56.1 Å². The number of carbonyl (C=O) groups is 1. The summed E-state index contributed by atoms with van der Waals surface area (Å²) in [4.78, 5) is 16.6. The highest BCUT2D eigenvalue weighted by Gasteiger charge is 2.57. The molecule has 3 heterocycles. The van der Waals surface area contributed by atoms with Crippen LogP contribution in [0.15, 0.2) is 29.1 Å². The van der Waals surface area contributed by atoms with E-state index < -0.39 is 0 Å². The van der Waals surface area contributed by atoms with Gasteiger partial charge < -0.3 is 15.4 Å². The van der Waals surface area contributed by atoms with E-state index in [4.69, 9.17) is 4.74 Å². The van der Waals surface area contributed by atoms with Gasteiger partial charge in [-0.2, -0.15) is 10.2 Å². The maximum Gasteiger partial charge on any atom is 0.407 e. The highest BCUT2D eigenvalue weighted by molar-refractivity contribution is 9.10. The van der Waals surface area contributed by atoms with Gasteiger partial charge in [0.15, 0.2) is 11.6 Å². The molecule has 10 heteroatoms. The van der Waals surface area contributed by atoms with E-state index in [1.54, 1.807) is 23.1 Å². The standard InChI is InChI=1S/C20H22BrN7O2/c21-14-10-23-28-4-3-22-18(17(14)28)24-16-6-15(26-27-16)12-1-2-13(5-12)30-19(29)25-20-7-11(8-20)9-20/h3-4,6,10-13H,1-2,5,7-9H2,(H,25,29)(H2,22,24,26,27). The van der Waals surface area contributed by atoms with Crippen LogP contribution in [0.2, 0.25) is 0 Å². The first kappa shape index (κ1) is 18.2. The van der Waals surface area contributed by atoms with E-state index in [-0.39, 0.29) is 17.7 Å². The molecule has 4 aliphatic rings. The van der Waals surface area contributed by atoms with Crippen LogP contribution in [0.5, 0.6) is 0 Å². The molecule has 156 valence electrons. The summed E-state index contributed by atoms with van der Waals surface area (Å²) in [6, 6.07) is 2.00. The highest BCUT2D eigenvalue weighted by atomic mass is 79.9. The van der Waals surface area contributed by atoms with Crippen LogP contribution in [0, 0.1) is 5.92 Å². The summed E-state index contributed by atoms with van der Waals surface area (Å²) in [5.74, 6) is 2.51. The SMILES string of the molecule is O=C(NC12CC(C1)C2)OC1CCC(c2cc(Nc3nccn4ncc(Br)c34)n[nH]2)C1. The first-order chi connectivity index (χ1) is 14.6. The van der Waals surface area contributed by atoms with Crippen molar-refractivity contribution in [3.8, 4) is 0 Å². The second-order valence-corrected chi connectivity index (χ2v) is 9.67. The normalized spacial score (nSPS) is 29.3. The van der Waals surface area contributed by atoms with Crippen molar-refractivity contribution in [3.05, 3.63) is 34.8 Å². The molecule has 2 unspecified atom stereocenters. The van der Waals surface area contributed by atoms with E-state index in [1.165, 1.54) is 0 Å². The van der Waals surface area contributed by atoms with E-state index in [0.29, 0.717) is 17.6 Å². The molecule has 4 fully saturated rings. The molecule has 7 rings (SSSR count). The minimum atomic E-state index is -0.253. The second kappa shape index (κ2) is 6.69. The van der Waals surface area contributed by atoms with Gasteiger partial charge >= 0.3 is 6.09 Å². The van der Waals surface area contributed by atoms with Crippen LogP contribution in [-0.4, -0.2) is 42.5 Å². The fraction of sp³-hybridized carbons (Fsp3) is 0.500. The van der Waals surface area contributed by atoms with Crippen LogP contribution in [0.4, 0.5) is 16.4 Å². The number of carbonyl (C=O) groups excluding carboxylic acids is 1. The number of aromatic amines is 1. The Balaban J connectivity index is 1.08. The lowest BCUT2D eigenvalue weighted by Crippen LogP contribution is -2.68. The van der Waals surface area contributed by atoms with Gasteiger partial charge in [0.2, 0.25) is 0 Å². The van der Waals surface area contributed by atoms with E-state index >= 15 is 0 Å². The average Bonchev–Trinajstić information content (AvgIpc) is 3.38. The van der Waals surface area contributed by atoms with E-state index in [9.17, 15) is 4.79 Å². The summed E-state index contributed by atoms with van der Waals surface area (Å²) in [6.45, 7) is 0. The maximum absolute atomic E-state index is 12.2. The van der Waals surface area contributed by atoms with Gasteiger partial charge in [-0.1, -0.05) is 0 Å². The number of rotatable bonds is 5. The minimum Gasteiger partial charge on any atom is -0.446 e. The van der Waals surface area contributed by atoms with Gasteiger partial charge in [0.1, 0.15) is 11.6 Å². The van der Waals surface area contributed by atoms with Gasteiger partial charge in [0, 0.05) is 35.6 Å². The molecule has 3 N–H and O–H groups in total. The Hall–Kier alpha value is -2.62. The number of nitrogens with one attached hydrogen (secondary N) is 3. The van der Waals surface area contributed by atoms with E-state index in [0.717, 1.165) is 60.1 Å². The molecule has 0 saturated heterocycles. The largest absolute Gasteiger partial charge is 0.446 e. The average molecular weight is 472 g/mol. The lowest BCUT2D eigenvalue weighted by atomic mass is 9.50. The van der Waals surface area contributed by atoms with Crippen molar-refractivity contribution < 1.29 is 9.53 Å². The zero-order chi connectivity index (χ0) is 20.3. The Bertz CT molecular complexity index is 1110. The second-order valence-electron chi connectivity index (χ2n) is 8.82. The van der Waals surface area contributed by atoms with Gasteiger partial charge in [-0.15, -0.1) is 0 Å². The summed E-state index contributed by atoms with van der Waals surface area (Å²) in [5.41, 5.74) is 1.96. The first-order valence-corrected chi connectivity index (χ1v) is 11.2. The molecule has 3 aromatic rings. The fourth-order valence-electron chi connectivity index (χ4n) is 5.09. The van der Waals surface area contributed by atoms with Crippen LogP contribution < -0.4 is 10.6 Å². The molecule has 4 aliphatic carbocycles. The van der Waals surface area contributed by atoms with Gasteiger partial charge in [-0.05, 0) is 60.4 Å². The van der Waals surface area contributed by atoms with Gasteiger partial charge in [-0.25, -0.2) is 14.3 Å². The number of aromatic nitrogens is 5. The number of fused-ring (bicyclic) bond motifs is 1. The minimum absolute atomic E-state index is 0.0415. The number of H-pyrrole nitrogens is 1. The molecule has 3 aromatic heterocycles. The zero-order valence-corrected chi connectivity index (χ0v) is 17.9. The predicted molar refractivity (Wildman–Crippen MR) is 113 cm³/mol. The van der Waals surface area contributed by atoms with E-state index in [2.05, 4.69) is 46.8 Å². The molecule has 0 aromatic carbocycles. The number of alkyl carbamates (subject to hydrolysis) is 1. The highest BCUT2D eigenvalue weighted by Crippen LogP contribution is 2.57. The maximum atomic E-state index is 12.2. The lowest BCUT2D eigenvalue weighted by molar-refractivity contribution is -0.0506. The quantitative estimate of drug-likeness (QED) is 0.520. The van der Waals surface area contributed by atoms with Crippen molar-refractivity contribution in [3.63, 3.8) is 0 Å². The Labute approximate surface area is 181 Å². The third-order valence-electron chi connectivity index (χ3n) is 6.73. The summed E-state index contributed by atoms with van der Waals surface area (Å²) < 4.78 is 8.31. The molecular weight excluding hydrogens is 450 g/mol. The molecule has 1 amide bonds. The molecular formula is C20H22BrN7O2. The van der Waals surface area contributed by atoms with Crippen molar-refractivity contribution in [2.24, 2.45) is 5.92 Å². The smallest absolute Gasteiger partial charge is 0.407 e. The van der Waals surface area contributed by atoms with Crippen LogP contribution >= 0.6 is 15.9 Å². The molecule has 0 spiro atoms. The van der Waals surface area contributed by atoms with Gasteiger partial charge in [0.05, 0.1) is 10.7 Å². The van der Waals surface area contributed by atoms with Crippen molar-refractivity contribution in [1.82, 2.24) is 30.1 Å². The third kappa shape index (κ3) is 3.05. The van der Waals surface area contributed by atoms with Gasteiger partial charge in [0.25, 0.3) is 0 Å². The topological polar surface area (TPSA) is 109 Å². The van der Waals surface area contributed by atoms with Crippen LogP contribution in [-0.2, 0) is 4.74 Å². The Morgan fingerprint density at radius 3 is 3.00 bits per heavy atom. The summed E-state index contributed by atoms with van der Waals surface area (Å²) in [7, 11) is 0. The van der Waals surface area contributed by atoms with Crippen LogP contribution in [0.25, 0.3) is 5.52 Å². The van der Waals surface area contributed by atoms with Crippen LogP contribution in [0.3, 0.4) is 0 Å².